The molecule has 2 aromatic rings. The van der Waals surface area contributed by atoms with Crippen LogP contribution in [0.5, 0.6) is 0 Å². The van der Waals surface area contributed by atoms with Crippen LogP contribution in [0.1, 0.15) is 24.7 Å². The summed E-state index contributed by atoms with van der Waals surface area (Å²) < 4.78 is 27.3. The number of H-pyrrole nitrogens is 1. The van der Waals surface area contributed by atoms with E-state index in [4.69, 9.17) is 0 Å². The summed E-state index contributed by atoms with van der Waals surface area (Å²) in [5.41, 5.74) is 1.12. The smallest absolute Gasteiger partial charge is 0.244 e. The third kappa shape index (κ3) is 3.71. The molecule has 2 amide bonds. The van der Waals surface area contributed by atoms with E-state index in [1.807, 2.05) is 0 Å². The summed E-state index contributed by atoms with van der Waals surface area (Å²) in [5, 5.41) is 12.8. The predicted molar refractivity (Wildman–Crippen MR) is 89.1 cm³/mol. The van der Waals surface area contributed by atoms with Crippen LogP contribution in [0.4, 0.5) is 14.5 Å². The van der Waals surface area contributed by atoms with Gasteiger partial charge in [-0.1, -0.05) is 6.07 Å². The van der Waals surface area contributed by atoms with Crippen LogP contribution < -0.4 is 5.32 Å². The topological polar surface area (TPSA) is 91.0 Å². The minimum absolute atomic E-state index is 0.176. The van der Waals surface area contributed by atoms with E-state index in [0.717, 1.165) is 23.5 Å². The van der Waals surface area contributed by atoms with Gasteiger partial charge in [0.05, 0.1) is 17.9 Å². The molecule has 2 N–H and O–H groups in total. The average Bonchev–Trinajstić information content (AvgIpc) is 3.10. The SMILES string of the molecule is CCN(CC(=O)Nc1c(F)cccc1F)C(=O)C1CCc2n[nH]nc2C1. The van der Waals surface area contributed by atoms with Gasteiger partial charge in [0.2, 0.25) is 11.8 Å². The quantitative estimate of drug-likeness (QED) is 0.846. The molecule has 138 valence electrons. The first kappa shape index (κ1) is 18.0. The molecule has 0 saturated heterocycles. The Morgan fingerprint density at radius 3 is 2.65 bits per heavy atom. The van der Waals surface area contributed by atoms with E-state index in [0.29, 0.717) is 25.8 Å². The van der Waals surface area contributed by atoms with Gasteiger partial charge in [0.15, 0.2) is 0 Å². The van der Waals surface area contributed by atoms with Crippen LogP contribution in [0.3, 0.4) is 0 Å². The van der Waals surface area contributed by atoms with E-state index in [1.54, 1.807) is 6.92 Å². The number of amides is 2. The molecule has 0 bridgehead atoms. The van der Waals surface area contributed by atoms with Gasteiger partial charge in [0.1, 0.15) is 17.3 Å². The number of aromatic amines is 1. The molecular weight excluding hydrogens is 344 g/mol. The van der Waals surface area contributed by atoms with Crippen LogP contribution in [-0.4, -0.2) is 45.2 Å². The lowest BCUT2D eigenvalue weighted by Gasteiger charge is -2.27. The lowest BCUT2D eigenvalue weighted by molar-refractivity contribution is -0.138. The van der Waals surface area contributed by atoms with Crippen LogP contribution in [-0.2, 0) is 22.4 Å². The second-order valence-corrected chi connectivity index (χ2v) is 6.15. The number of nitrogens with one attached hydrogen (secondary N) is 2. The van der Waals surface area contributed by atoms with Crippen LogP contribution in [0.2, 0.25) is 0 Å². The minimum atomic E-state index is -0.862. The van der Waals surface area contributed by atoms with E-state index in [9.17, 15) is 18.4 Å². The van der Waals surface area contributed by atoms with Gasteiger partial charge in [-0.15, -0.1) is 0 Å². The molecule has 1 aliphatic rings. The minimum Gasteiger partial charge on any atom is -0.333 e. The van der Waals surface area contributed by atoms with Crippen molar-refractivity contribution >= 4 is 17.5 Å². The average molecular weight is 363 g/mol. The third-order valence-electron chi connectivity index (χ3n) is 4.48. The fourth-order valence-corrected chi connectivity index (χ4v) is 3.07. The second kappa shape index (κ2) is 7.59. The standard InChI is InChI=1S/C17H19F2N5O2/c1-2-24(9-15(25)20-16-11(18)4-3-5-12(16)19)17(26)10-6-7-13-14(8-10)22-23-21-13/h3-5,10H,2,6-9H2,1H3,(H,20,25)(H,21,22,23). The number of anilines is 1. The van der Waals surface area contributed by atoms with Crippen molar-refractivity contribution in [1.82, 2.24) is 20.3 Å². The Labute approximate surface area is 148 Å². The lowest BCUT2D eigenvalue weighted by Crippen LogP contribution is -2.42. The molecule has 3 rings (SSSR count). The zero-order chi connectivity index (χ0) is 18.7. The van der Waals surface area contributed by atoms with E-state index in [-0.39, 0.29) is 18.4 Å². The normalized spacial score (nSPS) is 16.0. The molecule has 1 aromatic carbocycles. The monoisotopic (exact) mass is 363 g/mol. The Kier molecular flexibility index (Phi) is 5.24. The largest absolute Gasteiger partial charge is 0.333 e. The number of hydrogen-bond donors (Lipinski definition) is 2. The fourth-order valence-electron chi connectivity index (χ4n) is 3.07. The molecule has 1 aliphatic carbocycles. The van der Waals surface area contributed by atoms with Gasteiger partial charge >= 0.3 is 0 Å². The summed E-state index contributed by atoms with van der Waals surface area (Å²) in [7, 11) is 0. The number of carbonyl (C=O) groups is 2. The Hall–Kier alpha value is -2.84. The maximum atomic E-state index is 13.6. The summed E-state index contributed by atoms with van der Waals surface area (Å²) in [4.78, 5) is 26.3. The highest BCUT2D eigenvalue weighted by atomic mass is 19.1. The zero-order valence-corrected chi connectivity index (χ0v) is 14.3. The Morgan fingerprint density at radius 1 is 1.27 bits per heavy atom. The maximum absolute atomic E-state index is 13.6. The van der Waals surface area contributed by atoms with Crippen molar-refractivity contribution in [2.45, 2.75) is 26.2 Å². The molecule has 0 aliphatic heterocycles. The fraction of sp³-hybridized carbons (Fsp3) is 0.412. The predicted octanol–water partition coefficient (Wildman–Crippen LogP) is 1.68. The molecule has 1 atom stereocenters. The van der Waals surface area contributed by atoms with E-state index >= 15 is 0 Å². The maximum Gasteiger partial charge on any atom is 0.244 e. The Balaban J connectivity index is 1.64. The number of benzene rings is 1. The molecule has 1 heterocycles. The molecule has 1 unspecified atom stereocenters. The first-order chi connectivity index (χ1) is 12.5. The number of nitrogens with zero attached hydrogens (tertiary/aromatic N) is 3. The lowest BCUT2D eigenvalue weighted by atomic mass is 9.88. The molecule has 26 heavy (non-hydrogen) atoms. The highest BCUT2D eigenvalue weighted by Gasteiger charge is 2.30. The molecule has 7 nitrogen and oxygen atoms in total. The summed E-state index contributed by atoms with van der Waals surface area (Å²) in [6.45, 7) is 1.79. The molecule has 9 heteroatoms. The van der Waals surface area contributed by atoms with Crippen LogP contribution in [0.15, 0.2) is 18.2 Å². The molecule has 0 spiro atoms. The van der Waals surface area contributed by atoms with Crippen molar-refractivity contribution in [3.63, 3.8) is 0 Å². The Morgan fingerprint density at radius 2 is 1.96 bits per heavy atom. The summed E-state index contributed by atoms with van der Waals surface area (Å²) in [5.74, 6) is -2.84. The number of likely N-dealkylation sites (N-methyl/N-ethyl adjacent to an activating group) is 1. The molecule has 0 fully saturated rings. The van der Waals surface area contributed by atoms with Gasteiger partial charge in [-0.25, -0.2) is 8.78 Å². The number of aryl methyl sites for hydroxylation is 1. The first-order valence-electron chi connectivity index (χ1n) is 8.40. The number of halogens is 2. The number of hydrogen-bond acceptors (Lipinski definition) is 4. The molecule has 1 aromatic heterocycles. The van der Waals surface area contributed by atoms with Gasteiger partial charge in [0.25, 0.3) is 0 Å². The molecular formula is C17H19F2N5O2. The van der Waals surface area contributed by atoms with Gasteiger partial charge in [-0.3, -0.25) is 9.59 Å². The van der Waals surface area contributed by atoms with Gasteiger partial charge in [-0.05, 0) is 31.9 Å². The molecule has 0 saturated carbocycles. The van der Waals surface area contributed by atoms with E-state index in [1.165, 1.54) is 11.0 Å². The second-order valence-electron chi connectivity index (χ2n) is 6.15. The summed E-state index contributed by atoms with van der Waals surface area (Å²) in [6, 6.07) is 3.32. The van der Waals surface area contributed by atoms with Crippen molar-refractivity contribution < 1.29 is 18.4 Å². The molecule has 0 radical (unpaired) electrons. The van der Waals surface area contributed by atoms with Crippen molar-refractivity contribution in [1.29, 1.82) is 0 Å². The van der Waals surface area contributed by atoms with Gasteiger partial charge in [-0.2, -0.15) is 15.4 Å². The van der Waals surface area contributed by atoms with Crippen LogP contribution in [0.25, 0.3) is 0 Å². The number of aromatic nitrogens is 3. The van der Waals surface area contributed by atoms with E-state index < -0.39 is 23.2 Å². The number of carbonyl (C=O) groups excluding carboxylic acids is 2. The zero-order valence-electron chi connectivity index (χ0n) is 14.3. The van der Waals surface area contributed by atoms with Gasteiger partial charge in [0, 0.05) is 18.9 Å². The number of rotatable bonds is 5. The highest BCUT2D eigenvalue weighted by Crippen LogP contribution is 2.24. The summed E-state index contributed by atoms with van der Waals surface area (Å²) >= 11 is 0. The first-order valence-corrected chi connectivity index (χ1v) is 8.40. The van der Waals surface area contributed by atoms with Gasteiger partial charge < -0.3 is 10.2 Å². The summed E-state index contributed by atoms with van der Waals surface area (Å²) in [6.07, 6.45) is 1.73. The van der Waals surface area contributed by atoms with Crippen molar-refractivity contribution in [3.05, 3.63) is 41.2 Å². The van der Waals surface area contributed by atoms with E-state index in [2.05, 4.69) is 20.7 Å². The van der Waals surface area contributed by atoms with Crippen LogP contribution >= 0.6 is 0 Å². The van der Waals surface area contributed by atoms with Crippen molar-refractivity contribution in [3.8, 4) is 0 Å². The highest BCUT2D eigenvalue weighted by molar-refractivity contribution is 5.95. The third-order valence-corrected chi connectivity index (χ3v) is 4.48. The Bertz CT molecular complexity index is 803. The van der Waals surface area contributed by atoms with Crippen molar-refractivity contribution in [2.75, 3.05) is 18.4 Å². The van der Waals surface area contributed by atoms with Crippen molar-refractivity contribution in [2.24, 2.45) is 5.92 Å². The number of para-hydroxylation sites is 1. The van der Waals surface area contributed by atoms with Crippen LogP contribution in [0, 0.1) is 17.6 Å². The number of fused-ring (bicyclic) bond motifs is 1.